The largest absolute Gasteiger partial charge is 0.417 e. The number of nitrogens with one attached hydrogen (secondary N) is 2. The molecule has 0 bridgehead atoms. The summed E-state index contributed by atoms with van der Waals surface area (Å²) in [7, 11) is 0. The van der Waals surface area contributed by atoms with E-state index in [1.165, 1.54) is 42.1 Å². The zero-order valence-electron chi connectivity index (χ0n) is 17.9. The topological polar surface area (TPSA) is 74.3 Å². The number of amides is 2. The second-order valence-electron chi connectivity index (χ2n) is 7.68. The van der Waals surface area contributed by atoms with Gasteiger partial charge in [0.1, 0.15) is 11.6 Å². The van der Waals surface area contributed by atoms with Gasteiger partial charge in [-0.15, -0.1) is 11.8 Å². The number of aromatic nitrogens is 1. The number of carbonyl (C=O) groups is 2. The van der Waals surface area contributed by atoms with Crippen LogP contribution in [0.1, 0.15) is 25.3 Å². The Morgan fingerprint density at radius 2 is 1.82 bits per heavy atom. The second kappa shape index (κ2) is 10.9. The zero-order valence-corrected chi connectivity index (χ0v) is 18.7. The molecule has 3 rings (SSSR count). The predicted molar refractivity (Wildman–Crippen MR) is 120 cm³/mol. The lowest BCUT2D eigenvalue weighted by Crippen LogP contribution is -2.47. The molecule has 1 aliphatic rings. The third kappa shape index (κ3) is 7.34. The number of hydrogen-bond donors (Lipinski definition) is 2. The molecule has 1 aromatic heterocycles. The average molecular weight is 485 g/mol. The molecular formula is C22H24F4N4O2S. The van der Waals surface area contributed by atoms with E-state index < -0.39 is 22.8 Å². The highest BCUT2D eigenvalue weighted by molar-refractivity contribution is 8.01. The van der Waals surface area contributed by atoms with Gasteiger partial charge in [0, 0.05) is 31.0 Å². The molecule has 1 saturated heterocycles. The number of halogens is 4. The number of piperidine rings is 1. The maximum absolute atomic E-state index is 12.9. The van der Waals surface area contributed by atoms with Crippen molar-refractivity contribution in [2.24, 2.45) is 0 Å². The molecule has 2 heterocycles. The molecule has 1 aromatic carbocycles. The molecule has 0 aliphatic carbocycles. The molecule has 1 atom stereocenters. The number of alkyl halides is 3. The van der Waals surface area contributed by atoms with Crippen LogP contribution >= 0.6 is 11.8 Å². The van der Waals surface area contributed by atoms with Gasteiger partial charge < -0.3 is 15.5 Å². The van der Waals surface area contributed by atoms with Crippen LogP contribution in [-0.2, 0) is 15.8 Å². The third-order valence-electron chi connectivity index (χ3n) is 5.20. The SMILES string of the molecule is CC(SCC(=O)Nc1ccc(F)cc1)C(=O)NC1CCN(c2ccc(C(F)(F)F)cn2)CC1. The van der Waals surface area contributed by atoms with Gasteiger partial charge >= 0.3 is 6.18 Å². The minimum atomic E-state index is -4.42. The fourth-order valence-electron chi connectivity index (χ4n) is 3.32. The van der Waals surface area contributed by atoms with Crippen molar-refractivity contribution in [3.63, 3.8) is 0 Å². The van der Waals surface area contributed by atoms with Crippen molar-refractivity contribution in [3.8, 4) is 0 Å². The second-order valence-corrected chi connectivity index (χ2v) is 9.01. The summed E-state index contributed by atoms with van der Waals surface area (Å²) in [6.07, 6.45) is -2.32. The molecule has 1 unspecified atom stereocenters. The minimum Gasteiger partial charge on any atom is -0.356 e. The van der Waals surface area contributed by atoms with Crippen molar-refractivity contribution in [2.75, 3.05) is 29.1 Å². The van der Waals surface area contributed by atoms with Gasteiger partial charge in [-0.05, 0) is 56.2 Å². The molecule has 2 amide bonds. The van der Waals surface area contributed by atoms with Crippen LogP contribution in [0.2, 0.25) is 0 Å². The minimum absolute atomic E-state index is 0.0562. The zero-order chi connectivity index (χ0) is 24.0. The van der Waals surface area contributed by atoms with Crippen LogP contribution in [0.15, 0.2) is 42.6 Å². The van der Waals surface area contributed by atoms with E-state index in [1.807, 2.05) is 4.90 Å². The van der Waals surface area contributed by atoms with Crippen molar-refractivity contribution in [2.45, 2.75) is 37.2 Å². The normalized spacial score (nSPS) is 15.7. The summed E-state index contributed by atoms with van der Waals surface area (Å²) in [6.45, 7) is 2.84. The van der Waals surface area contributed by atoms with Crippen molar-refractivity contribution >= 4 is 35.1 Å². The highest BCUT2D eigenvalue weighted by Gasteiger charge is 2.31. The number of pyridine rings is 1. The van der Waals surface area contributed by atoms with Crippen LogP contribution in [0.5, 0.6) is 0 Å². The highest BCUT2D eigenvalue weighted by Crippen LogP contribution is 2.29. The summed E-state index contributed by atoms with van der Waals surface area (Å²) < 4.78 is 51.0. The Bertz CT molecular complexity index is 946. The van der Waals surface area contributed by atoms with Crippen molar-refractivity contribution in [3.05, 3.63) is 54.0 Å². The van der Waals surface area contributed by atoms with Crippen molar-refractivity contribution < 1.29 is 27.2 Å². The maximum atomic E-state index is 12.9. The van der Waals surface area contributed by atoms with E-state index in [9.17, 15) is 27.2 Å². The van der Waals surface area contributed by atoms with Crippen LogP contribution in [-0.4, -0.2) is 46.9 Å². The van der Waals surface area contributed by atoms with Crippen LogP contribution in [0.4, 0.5) is 29.1 Å². The molecular weight excluding hydrogens is 460 g/mol. The lowest BCUT2D eigenvalue weighted by Gasteiger charge is -2.33. The van der Waals surface area contributed by atoms with E-state index in [4.69, 9.17) is 0 Å². The summed E-state index contributed by atoms with van der Waals surface area (Å²) in [6, 6.07) is 7.73. The summed E-state index contributed by atoms with van der Waals surface area (Å²) in [5.41, 5.74) is -0.306. The molecule has 0 saturated carbocycles. The number of benzene rings is 1. The Hall–Kier alpha value is -2.82. The average Bonchev–Trinajstić information content (AvgIpc) is 2.79. The lowest BCUT2D eigenvalue weighted by atomic mass is 10.0. The quantitative estimate of drug-likeness (QED) is 0.580. The number of rotatable bonds is 7. The van der Waals surface area contributed by atoms with E-state index in [1.54, 1.807) is 6.92 Å². The van der Waals surface area contributed by atoms with E-state index in [0.717, 1.165) is 12.3 Å². The number of thioether (sulfide) groups is 1. The number of nitrogens with zero attached hydrogens (tertiary/aromatic N) is 2. The molecule has 6 nitrogen and oxygen atoms in total. The number of hydrogen-bond acceptors (Lipinski definition) is 5. The molecule has 1 aliphatic heterocycles. The van der Waals surface area contributed by atoms with E-state index in [-0.39, 0.29) is 23.6 Å². The standard InChI is InChI=1S/C22H24F4N4O2S/c1-14(33-13-20(31)28-17-5-3-16(23)4-6-17)21(32)29-18-8-10-30(11-9-18)19-7-2-15(12-27-19)22(24,25)26/h2-7,12,14,18H,8-11,13H2,1H3,(H,28,31)(H,29,32). The van der Waals surface area contributed by atoms with Gasteiger partial charge in [0.25, 0.3) is 0 Å². The molecule has 11 heteroatoms. The number of anilines is 2. The Morgan fingerprint density at radius 1 is 1.15 bits per heavy atom. The van der Waals surface area contributed by atoms with Crippen LogP contribution < -0.4 is 15.5 Å². The fourth-order valence-corrected chi connectivity index (χ4v) is 4.01. The smallest absolute Gasteiger partial charge is 0.356 e. The monoisotopic (exact) mass is 484 g/mol. The lowest BCUT2D eigenvalue weighted by molar-refractivity contribution is -0.137. The van der Waals surface area contributed by atoms with Gasteiger partial charge in [0.05, 0.1) is 16.6 Å². The highest BCUT2D eigenvalue weighted by atomic mass is 32.2. The van der Waals surface area contributed by atoms with Crippen molar-refractivity contribution in [1.82, 2.24) is 10.3 Å². The molecule has 178 valence electrons. The Labute approximate surface area is 193 Å². The first kappa shape index (κ1) is 24.8. The number of carbonyl (C=O) groups excluding carboxylic acids is 2. The van der Waals surface area contributed by atoms with Gasteiger partial charge in [0.2, 0.25) is 11.8 Å². The molecule has 1 fully saturated rings. The summed E-state index contributed by atoms with van der Waals surface area (Å²) in [5.74, 6) is -0.313. The van der Waals surface area contributed by atoms with Crippen LogP contribution in [0.3, 0.4) is 0 Å². The Morgan fingerprint density at radius 3 is 2.39 bits per heavy atom. The first-order chi connectivity index (χ1) is 15.6. The van der Waals surface area contributed by atoms with Gasteiger partial charge in [0.15, 0.2) is 0 Å². The summed E-state index contributed by atoms with van der Waals surface area (Å²) >= 11 is 1.19. The third-order valence-corrected chi connectivity index (χ3v) is 6.35. The van der Waals surface area contributed by atoms with Gasteiger partial charge in [-0.2, -0.15) is 13.2 Å². The van der Waals surface area contributed by atoms with E-state index in [0.29, 0.717) is 37.4 Å². The predicted octanol–water partition coefficient (Wildman–Crippen LogP) is 4.08. The van der Waals surface area contributed by atoms with Gasteiger partial charge in [-0.25, -0.2) is 9.37 Å². The Balaban J connectivity index is 1.39. The maximum Gasteiger partial charge on any atom is 0.417 e. The molecule has 2 N–H and O–H groups in total. The fraction of sp³-hybridized carbons (Fsp3) is 0.409. The van der Waals surface area contributed by atoms with Crippen molar-refractivity contribution in [1.29, 1.82) is 0 Å². The Kier molecular flexibility index (Phi) is 8.17. The van der Waals surface area contributed by atoms with Crippen LogP contribution in [0, 0.1) is 5.82 Å². The molecule has 33 heavy (non-hydrogen) atoms. The first-order valence-electron chi connectivity index (χ1n) is 10.4. The van der Waals surface area contributed by atoms with Crippen LogP contribution in [0.25, 0.3) is 0 Å². The van der Waals surface area contributed by atoms with E-state index >= 15 is 0 Å². The van der Waals surface area contributed by atoms with Gasteiger partial charge in [-0.1, -0.05) is 0 Å². The molecule has 0 radical (unpaired) electrons. The van der Waals surface area contributed by atoms with Gasteiger partial charge in [-0.3, -0.25) is 9.59 Å². The first-order valence-corrected chi connectivity index (χ1v) is 11.4. The molecule has 0 spiro atoms. The summed E-state index contributed by atoms with van der Waals surface area (Å²) in [5, 5.41) is 5.17. The van der Waals surface area contributed by atoms with E-state index in [2.05, 4.69) is 15.6 Å². The summed E-state index contributed by atoms with van der Waals surface area (Å²) in [4.78, 5) is 30.3. The molecule has 2 aromatic rings.